The fraction of sp³-hybridized carbons (Fsp3) is 0.364. The summed E-state index contributed by atoms with van der Waals surface area (Å²) in [6.07, 6.45) is 2.14. The zero-order valence-corrected chi connectivity index (χ0v) is 18.4. The number of urea groups is 1. The third kappa shape index (κ3) is 6.86. The van der Waals surface area contributed by atoms with E-state index in [-0.39, 0.29) is 37.1 Å². The first-order valence-electron chi connectivity index (χ1n) is 10.3. The number of nitrogens with two attached hydrogens (primary N) is 1. The molecular weight excluding hydrogens is 412 g/mol. The highest BCUT2D eigenvalue weighted by Crippen LogP contribution is 2.19. The van der Waals surface area contributed by atoms with Gasteiger partial charge < -0.3 is 16.0 Å². The first-order valence-corrected chi connectivity index (χ1v) is 10.3. The van der Waals surface area contributed by atoms with Gasteiger partial charge in [0.25, 0.3) is 5.56 Å². The van der Waals surface area contributed by atoms with Crippen LogP contribution in [0.5, 0.6) is 0 Å². The Morgan fingerprint density at radius 3 is 2.56 bits per heavy atom. The molecule has 3 amide bonds. The third-order valence-corrected chi connectivity index (χ3v) is 4.68. The summed E-state index contributed by atoms with van der Waals surface area (Å²) in [7, 11) is 0. The summed E-state index contributed by atoms with van der Waals surface area (Å²) in [6, 6.07) is 8.52. The molecule has 0 saturated carbocycles. The summed E-state index contributed by atoms with van der Waals surface area (Å²) in [5.41, 5.74) is 5.77. The molecule has 1 aromatic carbocycles. The minimum atomic E-state index is -0.690. The SMILES string of the molecule is C=CCNC(=O)NC(=O)CN(CCC(C)C)c1c(N)n(Cc2ccccc2)c(=O)[nH]c1=O. The van der Waals surface area contributed by atoms with Crippen LogP contribution in [0.2, 0.25) is 0 Å². The molecule has 1 heterocycles. The highest BCUT2D eigenvalue weighted by Gasteiger charge is 2.22. The molecule has 0 atom stereocenters. The molecule has 1 aromatic heterocycles. The lowest BCUT2D eigenvalue weighted by atomic mass is 10.1. The van der Waals surface area contributed by atoms with Crippen LogP contribution in [-0.2, 0) is 11.3 Å². The molecule has 10 heteroatoms. The van der Waals surface area contributed by atoms with E-state index in [2.05, 4.69) is 22.2 Å². The van der Waals surface area contributed by atoms with Gasteiger partial charge in [-0.1, -0.05) is 50.3 Å². The molecule has 5 N–H and O–H groups in total. The zero-order valence-electron chi connectivity index (χ0n) is 18.4. The van der Waals surface area contributed by atoms with E-state index in [1.165, 1.54) is 15.5 Å². The van der Waals surface area contributed by atoms with Gasteiger partial charge in [-0.15, -0.1) is 6.58 Å². The van der Waals surface area contributed by atoms with Gasteiger partial charge in [0, 0.05) is 13.1 Å². The smallest absolute Gasteiger partial charge is 0.330 e. The lowest BCUT2D eigenvalue weighted by molar-refractivity contribution is -0.118. The summed E-state index contributed by atoms with van der Waals surface area (Å²) in [4.78, 5) is 53.1. The number of nitrogens with zero attached hydrogens (tertiary/aromatic N) is 2. The van der Waals surface area contributed by atoms with Crippen molar-refractivity contribution < 1.29 is 9.59 Å². The zero-order chi connectivity index (χ0) is 23.7. The molecule has 0 radical (unpaired) electrons. The number of carbonyl (C=O) groups is 2. The third-order valence-electron chi connectivity index (χ3n) is 4.68. The van der Waals surface area contributed by atoms with Crippen LogP contribution in [0.25, 0.3) is 0 Å². The van der Waals surface area contributed by atoms with Crippen molar-refractivity contribution in [3.63, 3.8) is 0 Å². The van der Waals surface area contributed by atoms with Crippen LogP contribution in [0.1, 0.15) is 25.8 Å². The molecule has 0 saturated heterocycles. The Kier molecular flexibility index (Phi) is 8.82. The summed E-state index contributed by atoms with van der Waals surface area (Å²) >= 11 is 0. The molecule has 0 bridgehead atoms. The highest BCUT2D eigenvalue weighted by atomic mass is 16.2. The number of aromatic amines is 1. The number of amides is 3. The van der Waals surface area contributed by atoms with Gasteiger partial charge in [-0.25, -0.2) is 9.59 Å². The number of nitrogens with one attached hydrogen (secondary N) is 3. The molecule has 0 aliphatic heterocycles. The molecule has 2 aromatic rings. The molecule has 32 heavy (non-hydrogen) atoms. The number of imide groups is 1. The van der Waals surface area contributed by atoms with Crippen LogP contribution in [-0.4, -0.2) is 41.1 Å². The van der Waals surface area contributed by atoms with Crippen LogP contribution in [0.4, 0.5) is 16.3 Å². The number of rotatable bonds is 10. The molecule has 0 spiro atoms. The maximum Gasteiger partial charge on any atom is 0.330 e. The van der Waals surface area contributed by atoms with Crippen LogP contribution in [0.15, 0.2) is 52.6 Å². The number of hydrogen-bond donors (Lipinski definition) is 4. The standard InChI is InChI=1S/C22H30N6O4/c1-4-11-24-21(31)25-17(29)14-27(12-10-15(2)3)18-19(23)28(22(32)26-20(18)30)13-16-8-6-5-7-9-16/h4-9,15H,1,10-14,23H2,2-3H3,(H,26,30,32)(H2,24,25,29,31). The molecule has 0 aliphatic rings. The lowest BCUT2D eigenvalue weighted by Gasteiger charge is -2.26. The number of benzene rings is 1. The second kappa shape index (κ2) is 11.5. The number of aromatic nitrogens is 2. The van der Waals surface area contributed by atoms with Gasteiger partial charge in [0.1, 0.15) is 11.5 Å². The van der Waals surface area contributed by atoms with E-state index in [1.54, 1.807) is 0 Å². The average Bonchev–Trinajstić information content (AvgIpc) is 2.73. The highest BCUT2D eigenvalue weighted by molar-refractivity contribution is 5.96. The monoisotopic (exact) mass is 442 g/mol. The molecule has 0 aliphatic carbocycles. The molecular formula is C22H30N6O4. The largest absolute Gasteiger partial charge is 0.383 e. The minimum Gasteiger partial charge on any atom is -0.383 e. The van der Waals surface area contributed by atoms with Gasteiger partial charge >= 0.3 is 11.7 Å². The molecule has 10 nitrogen and oxygen atoms in total. The van der Waals surface area contributed by atoms with Gasteiger partial charge in [-0.05, 0) is 17.9 Å². The van der Waals surface area contributed by atoms with Crippen molar-refractivity contribution in [2.24, 2.45) is 5.92 Å². The van der Waals surface area contributed by atoms with Crippen molar-refractivity contribution in [3.8, 4) is 0 Å². The second-order valence-electron chi connectivity index (χ2n) is 7.72. The Balaban J connectivity index is 2.37. The maximum atomic E-state index is 12.7. The van der Waals surface area contributed by atoms with Crippen LogP contribution in [0, 0.1) is 5.92 Å². The molecule has 172 valence electrons. The quantitative estimate of drug-likeness (QED) is 0.405. The van der Waals surface area contributed by atoms with E-state index in [4.69, 9.17) is 5.73 Å². The number of hydrogen-bond acceptors (Lipinski definition) is 6. The van der Waals surface area contributed by atoms with Crippen molar-refractivity contribution in [1.29, 1.82) is 0 Å². The van der Waals surface area contributed by atoms with Gasteiger partial charge in [-0.2, -0.15) is 0 Å². The Hall–Kier alpha value is -3.82. The predicted molar refractivity (Wildman–Crippen MR) is 125 cm³/mol. The van der Waals surface area contributed by atoms with Crippen LogP contribution >= 0.6 is 0 Å². The fourth-order valence-electron chi connectivity index (χ4n) is 3.04. The van der Waals surface area contributed by atoms with E-state index >= 15 is 0 Å². The normalized spacial score (nSPS) is 10.6. The first kappa shape index (κ1) is 24.4. The van der Waals surface area contributed by atoms with E-state index in [1.807, 2.05) is 44.2 Å². The lowest BCUT2D eigenvalue weighted by Crippen LogP contribution is -2.47. The number of carbonyl (C=O) groups excluding carboxylic acids is 2. The van der Waals surface area contributed by atoms with E-state index in [0.29, 0.717) is 13.0 Å². The average molecular weight is 443 g/mol. The van der Waals surface area contributed by atoms with Crippen molar-refractivity contribution in [2.45, 2.75) is 26.8 Å². The van der Waals surface area contributed by atoms with Crippen LogP contribution in [0.3, 0.4) is 0 Å². The molecule has 0 unspecified atom stereocenters. The van der Waals surface area contributed by atoms with E-state index in [9.17, 15) is 19.2 Å². The van der Waals surface area contributed by atoms with Gasteiger partial charge in [0.15, 0.2) is 0 Å². The fourth-order valence-corrected chi connectivity index (χ4v) is 3.04. The van der Waals surface area contributed by atoms with Crippen molar-refractivity contribution in [3.05, 3.63) is 69.4 Å². The van der Waals surface area contributed by atoms with Crippen molar-refractivity contribution in [1.82, 2.24) is 20.2 Å². The Morgan fingerprint density at radius 1 is 1.25 bits per heavy atom. The maximum absolute atomic E-state index is 12.7. The summed E-state index contributed by atoms with van der Waals surface area (Å²) in [5, 5.41) is 4.65. The Labute approximate surface area is 186 Å². The van der Waals surface area contributed by atoms with Crippen molar-refractivity contribution >= 4 is 23.4 Å². The number of anilines is 2. The topological polar surface area (TPSA) is 142 Å². The van der Waals surface area contributed by atoms with Crippen molar-refractivity contribution in [2.75, 3.05) is 30.3 Å². The molecule has 0 fully saturated rings. The Bertz CT molecular complexity index is 1060. The minimum absolute atomic E-state index is 0.0165. The van der Waals surface area contributed by atoms with Crippen LogP contribution < -0.4 is 32.5 Å². The first-order chi connectivity index (χ1) is 15.2. The second-order valence-corrected chi connectivity index (χ2v) is 7.72. The number of H-pyrrole nitrogens is 1. The van der Waals surface area contributed by atoms with Gasteiger partial charge in [-0.3, -0.25) is 24.5 Å². The van der Waals surface area contributed by atoms with E-state index in [0.717, 1.165) is 5.56 Å². The van der Waals surface area contributed by atoms with Gasteiger partial charge in [0.2, 0.25) is 5.91 Å². The number of nitrogen functional groups attached to an aromatic ring is 1. The summed E-state index contributed by atoms with van der Waals surface area (Å²) < 4.78 is 1.25. The summed E-state index contributed by atoms with van der Waals surface area (Å²) in [5.74, 6) is -0.378. The van der Waals surface area contributed by atoms with E-state index < -0.39 is 23.2 Å². The van der Waals surface area contributed by atoms with Gasteiger partial charge in [0.05, 0.1) is 13.1 Å². The Morgan fingerprint density at radius 2 is 1.94 bits per heavy atom. The predicted octanol–water partition coefficient (Wildman–Crippen LogP) is 1.03. The summed E-state index contributed by atoms with van der Waals surface area (Å²) in [6.45, 7) is 7.90. The molecule has 2 rings (SSSR count).